The number of benzene rings is 4. The van der Waals surface area contributed by atoms with Crippen molar-refractivity contribution in [2.45, 2.75) is 77.3 Å². The van der Waals surface area contributed by atoms with E-state index in [9.17, 15) is 32.7 Å². The Kier molecular flexibility index (Phi) is 21.9. The first kappa shape index (κ1) is 55.8. The number of rotatable bonds is 19. The molecule has 1 aliphatic heterocycles. The number of hydrogen-bond donors (Lipinski definition) is 5. The van der Waals surface area contributed by atoms with Gasteiger partial charge in [0.15, 0.2) is 0 Å². The molecule has 4 aromatic carbocycles. The van der Waals surface area contributed by atoms with Gasteiger partial charge in [0.25, 0.3) is 10.1 Å². The molecule has 0 radical (unpaired) electrons. The third-order valence-electron chi connectivity index (χ3n) is 10.7. The predicted octanol–water partition coefficient (Wildman–Crippen LogP) is 7.36. The minimum absolute atomic E-state index is 0.0741. The number of ether oxygens (including phenoxy) is 3. The van der Waals surface area contributed by atoms with E-state index in [-0.39, 0.29) is 42.1 Å². The molecule has 6 rings (SSSR count). The zero-order valence-electron chi connectivity index (χ0n) is 39.9. The van der Waals surface area contributed by atoms with Gasteiger partial charge < -0.3 is 35.3 Å². The van der Waals surface area contributed by atoms with Gasteiger partial charge in [-0.2, -0.15) is 13.6 Å². The van der Waals surface area contributed by atoms with E-state index < -0.39 is 40.0 Å². The van der Waals surface area contributed by atoms with Crippen molar-refractivity contribution in [3.63, 3.8) is 0 Å². The quantitative estimate of drug-likeness (QED) is 0.0307. The molecule has 70 heavy (non-hydrogen) atoms. The largest absolute Gasteiger partial charge is 0.480 e. The number of esters is 2. The monoisotopic (exact) mass is 1000 g/mol. The first-order chi connectivity index (χ1) is 33.5. The third kappa shape index (κ3) is 15.4. The number of unbranched alkanes of at least 4 members (excludes halogenated alkanes) is 1. The molecular formula is C50H60ClN7O11S. The Morgan fingerprint density at radius 2 is 1.53 bits per heavy atom. The maximum Gasteiger partial charge on any atom is 0.336 e. The fraction of sp³-hybridized carbons (Fsp3) is 0.340. The summed E-state index contributed by atoms with van der Waals surface area (Å²) >= 11 is 6.42. The van der Waals surface area contributed by atoms with Gasteiger partial charge in [0.05, 0.1) is 54.6 Å². The summed E-state index contributed by atoms with van der Waals surface area (Å²) in [6.07, 6.45) is 1.97. The highest BCUT2D eigenvalue weighted by Crippen LogP contribution is 2.42. The Morgan fingerprint density at radius 3 is 2.07 bits per heavy atom. The summed E-state index contributed by atoms with van der Waals surface area (Å²) in [5.74, 6) is -2.65. The number of aromatic amines is 1. The highest BCUT2D eigenvalue weighted by atomic mass is 35.5. The van der Waals surface area contributed by atoms with Crippen molar-refractivity contribution >= 4 is 45.5 Å². The number of aliphatic carboxylic acids is 1. The van der Waals surface area contributed by atoms with Crippen LogP contribution in [0.25, 0.3) is 22.5 Å². The Morgan fingerprint density at radius 1 is 0.886 bits per heavy atom. The van der Waals surface area contributed by atoms with Crippen molar-refractivity contribution in [2.75, 3.05) is 33.5 Å². The fourth-order valence-corrected chi connectivity index (χ4v) is 8.24. The molecule has 0 bridgehead atoms. The van der Waals surface area contributed by atoms with Gasteiger partial charge in [-0.05, 0) is 71.9 Å². The maximum atomic E-state index is 12.9. The number of hydrogen-bond acceptors (Lipinski definition) is 14. The summed E-state index contributed by atoms with van der Waals surface area (Å²) in [4.78, 5) is 51.7. The zero-order chi connectivity index (χ0) is 51.4. The normalized spacial score (nSPS) is 13.8. The first-order valence-corrected chi connectivity index (χ1v) is 24.3. The van der Waals surface area contributed by atoms with E-state index in [1.54, 1.807) is 56.3 Å². The molecule has 2 heterocycles. The number of nitrogens with zero attached hydrogens (tertiary/aromatic N) is 4. The molecule has 0 spiro atoms. The second-order valence-corrected chi connectivity index (χ2v) is 17.8. The lowest BCUT2D eigenvalue weighted by atomic mass is 9.80. The number of methoxy groups -OCH3 is 1. The van der Waals surface area contributed by atoms with Gasteiger partial charge in [-0.25, -0.2) is 14.4 Å². The van der Waals surface area contributed by atoms with E-state index in [4.69, 9.17) is 36.1 Å². The van der Waals surface area contributed by atoms with Crippen LogP contribution in [0.2, 0.25) is 5.02 Å². The number of allylic oxidation sites excluding steroid dienone is 1. The van der Waals surface area contributed by atoms with E-state index >= 15 is 0 Å². The van der Waals surface area contributed by atoms with Crippen LogP contribution in [0.15, 0.2) is 131 Å². The molecule has 0 saturated carbocycles. The second-order valence-electron chi connectivity index (χ2n) is 16.0. The lowest BCUT2D eigenvalue weighted by Crippen LogP contribution is -2.47. The molecule has 0 aliphatic carbocycles. The van der Waals surface area contributed by atoms with Crippen LogP contribution in [-0.4, -0.2) is 107 Å². The molecule has 5 aromatic rings. The van der Waals surface area contributed by atoms with Gasteiger partial charge in [-0.1, -0.05) is 124 Å². The van der Waals surface area contributed by atoms with Crippen LogP contribution in [0.1, 0.15) is 70.9 Å². The Hall–Kier alpha value is -6.77. The van der Waals surface area contributed by atoms with Crippen LogP contribution in [-0.2, 0) is 50.1 Å². The summed E-state index contributed by atoms with van der Waals surface area (Å²) in [6.45, 7) is 10.3. The number of nitrogens with two attached hydrogens (primary N) is 1. The number of carboxylic acids is 1. The van der Waals surface area contributed by atoms with Crippen LogP contribution in [0, 0.1) is 5.92 Å². The van der Waals surface area contributed by atoms with Crippen LogP contribution in [0.4, 0.5) is 0 Å². The van der Waals surface area contributed by atoms with Crippen molar-refractivity contribution in [3.05, 3.63) is 142 Å². The van der Waals surface area contributed by atoms with Gasteiger partial charge in [0, 0.05) is 35.8 Å². The number of amides is 1. The average molecular weight is 1000 g/mol. The highest BCUT2D eigenvalue weighted by molar-refractivity contribution is 7.85. The van der Waals surface area contributed by atoms with Crippen LogP contribution in [0.3, 0.4) is 0 Å². The highest BCUT2D eigenvalue weighted by Gasteiger charge is 2.40. The lowest BCUT2D eigenvalue weighted by Gasteiger charge is -2.32. The van der Waals surface area contributed by atoms with E-state index in [1.165, 1.54) is 24.1 Å². The topological polar surface area (TPSA) is 266 Å². The Labute approximate surface area is 413 Å². The van der Waals surface area contributed by atoms with Crippen LogP contribution >= 0.6 is 11.6 Å². The second kappa shape index (κ2) is 27.4. The predicted molar refractivity (Wildman–Crippen MR) is 263 cm³/mol. The van der Waals surface area contributed by atoms with Crippen LogP contribution in [0.5, 0.6) is 0 Å². The minimum atomic E-state index is -4.00. The summed E-state index contributed by atoms with van der Waals surface area (Å²) < 4.78 is 45.0. The van der Waals surface area contributed by atoms with Crippen molar-refractivity contribution in [3.8, 4) is 22.5 Å². The summed E-state index contributed by atoms with van der Waals surface area (Å²) in [7, 11) is -2.71. The SMILES string of the molecule is CCCCC(=O)N(Cc1ccc(-c2ccccc2-c2nn[nH]n2)cc1)[C@H](C(=O)O)C(C)C.CCOC(=O)C1=C(COCCN)NC(C)=C(C(=O)OC)[C@@H]1c1ccccc1Cl.O=S(=O)(O)c1ccccc1. The van der Waals surface area contributed by atoms with Crippen LogP contribution < -0.4 is 11.1 Å². The molecule has 6 N–H and O–H groups in total. The Balaban J connectivity index is 0.000000256. The van der Waals surface area contributed by atoms with Gasteiger partial charge in [0.1, 0.15) is 6.04 Å². The molecule has 2 atom stereocenters. The molecule has 1 aliphatic rings. The molecule has 374 valence electrons. The molecule has 20 heteroatoms. The van der Waals surface area contributed by atoms with E-state index in [0.29, 0.717) is 53.0 Å². The van der Waals surface area contributed by atoms with Crippen molar-refractivity contribution in [2.24, 2.45) is 11.7 Å². The number of dihydropyridines is 1. The van der Waals surface area contributed by atoms with E-state index in [2.05, 4.69) is 25.9 Å². The molecule has 0 unspecified atom stereocenters. The number of carbonyl (C=O) groups excluding carboxylic acids is 3. The number of aromatic nitrogens is 4. The molecule has 0 saturated heterocycles. The average Bonchev–Trinajstić information content (AvgIpc) is 3.89. The van der Waals surface area contributed by atoms with Gasteiger partial charge >= 0.3 is 17.9 Å². The van der Waals surface area contributed by atoms with Crippen molar-refractivity contribution in [1.82, 2.24) is 30.8 Å². The molecule has 1 aromatic heterocycles. The summed E-state index contributed by atoms with van der Waals surface area (Å²) in [5, 5.41) is 27.6. The van der Waals surface area contributed by atoms with Crippen molar-refractivity contribution < 1.29 is 51.5 Å². The number of tetrazole rings is 1. The number of H-pyrrole nitrogens is 1. The molecule has 1 amide bonds. The van der Waals surface area contributed by atoms with Crippen molar-refractivity contribution in [1.29, 1.82) is 0 Å². The third-order valence-corrected chi connectivity index (χ3v) is 11.9. The molecular weight excluding hydrogens is 942 g/mol. The smallest absolute Gasteiger partial charge is 0.336 e. The van der Waals surface area contributed by atoms with Gasteiger partial charge in [-0.15, -0.1) is 10.2 Å². The number of carboxylic acid groups (broad SMARTS) is 1. The van der Waals surface area contributed by atoms with E-state index in [1.807, 2.05) is 69.3 Å². The molecule has 0 fully saturated rings. The lowest BCUT2D eigenvalue weighted by molar-refractivity contribution is -0.153. The minimum Gasteiger partial charge on any atom is -0.480 e. The van der Waals surface area contributed by atoms with E-state index in [0.717, 1.165) is 35.1 Å². The first-order valence-electron chi connectivity index (χ1n) is 22.4. The summed E-state index contributed by atoms with van der Waals surface area (Å²) in [5.41, 5.74) is 11.4. The number of nitrogens with one attached hydrogen (secondary N) is 2. The van der Waals surface area contributed by atoms with Gasteiger partial charge in [-0.3, -0.25) is 9.35 Å². The Bertz CT molecular complexity index is 2700. The van der Waals surface area contributed by atoms with Gasteiger partial charge in [0.2, 0.25) is 11.7 Å². The molecule has 18 nitrogen and oxygen atoms in total. The number of carbonyl (C=O) groups is 4. The standard InChI is InChI=1S/C24H29N5O3.C20H25ClN2O5.C6H6O3S/c1-4-5-10-21(30)29(22(16(2)3)24(31)32)15-17-11-13-18(14-12-17)19-8-6-7-9-20(19)23-25-27-28-26-23;1-4-28-20(25)18-15(11-27-10-9-22)23-12(2)16(19(24)26-3)17(18)13-7-5-6-8-14(13)21;7-10(8,9)6-4-2-1-3-5-6/h6-9,11-14,16,22H,4-5,10,15H2,1-3H3,(H,31,32)(H,25,26,27,28);5-8,17,23H,4,9-11,22H2,1-3H3;1-5H,(H,7,8,9)/t22-;17-;/m00./s1. The fourth-order valence-electron chi connectivity index (χ4n) is 7.49. The zero-order valence-corrected chi connectivity index (χ0v) is 41.5. The maximum absolute atomic E-state index is 12.9. The summed E-state index contributed by atoms with van der Waals surface area (Å²) in [6, 6.07) is 29.2. The number of halogens is 1.